The second-order valence-corrected chi connectivity index (χ2v) is 10.7. The van der Waals surface area contributed by atoms with Gasteiger partial charge in [-0.15, -0.1) is 0 Å². The number of halogens is 2. The van der Waals surface area contributed by atoms with E-state index in [2.05, 4.69) is 13.8 Å². The van der Waals surface area contributed by atoms with Crippen LogP contribution in [0.15, 0.2) is 34.5 Å². The molecule has 0 bridgehead atoms. The predicted molar refractivity (Wildman–Crippen MR) is 124 cm³/mol. The number of allylic oxidation sites excluding steroid dienone is 2. The molecule has 1 aliphatic heterocycles. The molecule has 1 saturated carbocycles. The maximum Gasteiger partial charge on any atom is 0.315 e. The van der Waals surface area contributed by atoms with E-state index in [4.69, 9.17) is 32.9 Å². The minimum atomic E-state index is -0.636. The van der Waals surface area contributed by atoms with Gasteiger partial charge < -0.3 is 4.74 Å². The third-order valence-electron chi connectivity index (χ3n) is 6.69. The zero-order valence-corrected chi connectivity index (χ0v) is 19.9. The highest BCUT2D eigenvalue weighted by Crippen LogP contribution is 2.48. The van der Waals surface area contributed by atoms with Gasteiger partial charge >= 0.3 is 5.97 Å². The quantitative estimate of drug-likeness (QED) is 0.471. The molecule has 1 unspecified atom stereocenters. The molecule has 2 aliphatic carbocycles. The summed E-state index contributed by atoms with van der Waals surface area (Å²) >= 11 is 12.5. The molecule has 6 heteroatoms. The van der Waals surface area contributed by atoms with Crippen LogP contribution in [0.3, 0.4) is 0 Å². The van der Waals surface area contributed by atoms with Crippen molar-refractivity contribution >= 4 is 40.7 Å². The fourth-order valence-corrected chi connectivity index (χ4v) is 5.54. The van der Waals surface area contributed by atoms with Gasteiger partial charge in [0.25, 0.3) is 0 Å². The first-order valence-electron chi connectivity index (χ1n) is 11.1. The van der Waals surface area contributed by atoms with E-state index in [9.17, 15) is 9.59 Å². The summed E-state index contributed by atoms with van der Waals surface area (Å²) in [5.41, 5.74) is 2.76. The molecule has 0 spiro atoms. The van der Waals surface area contributed by atoms with E-state index in [0.717, 1.165) is 36.9 Å². The average Bonchev–Trinajstić information content (AvgIpc) is 2.68. The molecule has 3 aliphatic rings. The Kier molecular flexibility index (Phi) is 6.33. The molecule has 0 aromatic heterocycles. The number of rotatable bonds is 3. The van der Waals surface area contributed by atoms with Crippen LogP contribution in [0.25, 0.3) is 0 Å². The summed E-state index contributed by atoms with van der Waals surface area (Å²) in [6.45, 7) is 6.03. The normalized spacial score (nSPS) is 26.4. The third kappa shape index (κ3) is 4.61. The van der Waals surface area contributed by atoms with Crippen LogP contribution in [-0.4, -0.2) is 23.6 Å². The van der Waals surface area contributed by atoms with Crippen molar-refractivity contribution in [3.8, 4) is 0 Å². The number of aliphatic imine (C=N–C) groups is 1. The van der Waals surface area contributed by atoms with Gasteiger partial charge in [-0.1, -0.05) is 49.5 Å². The molecule has 1 heterocycles. The predicted octanol–water partition coefficient (Wildman–Crippen LogP) is 6.69. The largest absolute Gasteiger partial charge is 0.462 e. The Morgan fingerprint density at radius 1 is 1.10 bits per heavy atom. The summed E-state index contributed by atoms with van der Waals surface area (Å²) in [6, 6.07) is 5.35. The van der Waals surface area contributed by atoms with Gasteiger partial charge in [-0.3, -0.25) is 14.6 Å². The molecule has 31 heavy (non-hydrogen) atoms. The van der Waals surface area contributed by atoms with E-state index in [1.807, 2.05) is 13.0 Å². The van der Waals surface area contributed by atoms with Crippen molar-refractivity contribution in [3.05, 3.63) is 45.1 Å². The first kappa shape index (κ1) is 22.5. The summed E-state index contributed by atoms with van der Waals surface area (Å²) < 4.78 is 5.95. The monoisotopic (exact) mass is 461 g/mol. The Bertz CT molecular complexity index is 973. The molecule has 0 saturated heterocycles. The van der Waals surface area contributed by atoms with Crippen LogP contribution >= 0.6 is 23.2 Å². The highest BCUT2D eigenvalue weighted by atomic mass is 35.5. The number of esters is 1. The van der Waals surface area contributed by atoms with Crippen molar-refractivity contribution in [1.29, 1.82) is 0 Å². The molecular weight excluding hydrogens is 433 g/mol. The summed E-state index contributed by atoms with van der Waals surface area (Å²) in [5.74, 6) is -1.34. The summed E-state index contributed by atoms with van der Waals surface area (Å²) in [5, 5.41) is 0.850. The average molecular weight is 462 g/mol. The Balaban J connectivity index is 1.77. The van der Waals surface area contributed by atoms with Crippen molar-refractivity contribution in [2.45, 2.75) is 77.7 Å². The number of hydrogen-bond donors (Lipinski definition) is 0. The molecular formula is C25H29Cl2NO3. The van der Waals surface area contributed by atoms with Gasteiger partial charge in [-0.2, -0.15) is 0 Å². The third-order valence-corrected chi connectivity index (χ3v) is 7.43. The lowest BCUT2D eigenvalue weighted by Gasteiger charge is -2.39. The van der Waals surface area contributed by atoms with Crippen molar-refractivity contribution in [1.82, 2.24) is 0 Å². The first-order chi connectivity index (χ1) is 14.7. The SMILES string of the molecule is CC1=NC2=C(C(=O)CC(C)(C)C2)[C@@H](c2ccc(Cl)c(Cl)c2)C1C(=O)OC1CCCCC1. The number of ether oxygens (including phenoxy) is 1. The van der Waals surface area contributed by atoms with E-state index in [1.165, 1.54) is 6.42 Å². The zero-order chi connectivity index (χ0) is 22.3. The van der Waals surface area contributed by atoms with E-state index in [0.29, 0.717) is 34.2 Å². The van der Waals surface area contributed by atoms with Crippen molar-refractivity contribution in [2.75, 3.05) is 0 Å². The fraction of sp³-hybridized carbons (Fsp3) is 0.560. The molecule has 0 radical (unpaired) electrons. The van der Waals surface area contributed by atoms with Gasteiger partial charge in [0.1, 0.15) is 12.0 Å². The van der Waals surface area contributed by atoms with Crippen LogP contribution < -0.4 is 0 Å². The van der Waals surface area contributed by atoms with Gasteiger partial charge in [-0.05, 0) is 62.1 Å². The fourth-order valence-electron chi connectivity index (χ4n) is 5.24. The molecule has 1 fully saturated rings. The minimum Gasteiger partial charge on any atom is -0.462 e. The van der Waals surface area contributed by atoms with Crippen molar-refractivity contribution in [3.63, 3.8) is 0 Å². The first-order valence-corrected chi connectivity index (χ1v) is 11.9. The van der Waals surface area contributed by atoms with Crippen molar-refractivity contribution < 1.29 is 14.3 Å². The van der Waals surface area contributed by atoms with E-state index in [-0.39, 0.29) is 23.3 Å². The van der Waals surface area contributed by atoms with E-state index in [1.54, 1.807) is 12.1 Å². The molecule has 0 N–H and O–H groups in total. The molecule has 4 nitrogen and oxygen atoms in total. The second-order valence-electron chi connectivity index (χ2n) is 9.88. The lowest BCUT2D eigenvalue weighted by atomic mass is 9.67. The van der Waals surface area contributed by atoms with Crippen molar-refractivity contribution in [2.24, 2.45) is 16.3 Å². The van der Waals surface area contributed by atoms with Crippen LogP contribution in [0.4, 0.5) is 0 Å². The minimum absolute atomic E-state index is 0.0500. The number of Topliss-reactive ketones (excluding diaryl/α,β-unsaturated/α-hetero) is 1. The number of carbonyl (C=O) groups is 2. The van der Waals surface area contributed by atoms with Gasteiger partial charge in [0.2, 0.25) is 0 Å². The van der Waals surface area contributed by atoms with Crippen LogP contribution in [0.5, 0.6) is 0 Å². The lowest BCUT2D eigenvalue weighted by Crippen LogP contribution is -2.40. The lowest BCUT2D eigenvalue weighted by molar-refractivity contribution is -0.153. The Hall–Kier alpha value is -1.65. The number of hydrogen-bond acceptors (Lipinski definition) is 4. The maximum absolute atomic E-state index is 13.4. The molecule has 166 valence electrons. The van der Waals surface area contributed by atoms with Gasteiger partial charge in [0.15, 0.2) is 5.78 Å². The van der Waals surface area contributed by atoms with Gasteiger partial charge in [0.05, 0.1) is 10.0 Å². The Morgan fingerprint density at radius 3 is 2.48 bits per heavy atom. The number of carbonyl (C=O) groups excluding carboxylic acids is 2. The molecule has 1 aromatic rings. The van der Waals surface area contributed by atoms with Gasteiger partial charge in [-0.25, -0.2) is 0 Å². The number of ketones is 1. The Morgan fingerprint density at radius 2 is 1.81 bits per heavy atom. The number of benzene rings is 1. The zero-order valence-electron chi connectivity index (χ0n) is 18.3. The molecule has 4 rings (SSSR count). The molecule has 0 amide bonds. The Labute approximate surface area is 194 Å². The maximum atomic E-state index is 13.4. The standard InChI is InChI=1S/C25H29Cl2NO3/c1-14-21(24(30)31-16-7-5-4-6-8-16)22(15-9-10-17(26)18(27)11-15)23-19(28-14)12-25(2,3)13-20(23)29/h9-11,16,21-22H,4-8,12-13H2,1-3H3/t21?,22-/m0/s1. The molecule has 1 aromatic carbocycles. The van der Waals surface area contributed by atoms with Crippen LogP contribution in [0, 0.1) is 11.3 Å². The number of nitrogens with zero attached hydrogens (tertiary/aromatic N) is 1. The smallest absolute Gasteiger partial charge is 0.315 e. The highest BCUT2D eigenvalue weighted by Gasteiger charge is 2.46. The molecule has 2 atom stereocenters. The highest BCUT2D eigenvalue weighted by molar-refractivity contribution is 6.42. The topological polar surface area (TPSA) is 55.7 Å². The summed E-state index contributed by atoms with van der Waals surface area (Å²) in [7, 11) is 0. The van der Waals surface area contributed by atoms with Crippen LogP contribution in [-0.2, 0) is 14.3 Å². The second kappa shape index (κ2) is 8.71. The van der Waals surface area contributed by atoms with Crippen LogP contribution in [0.1, 0.15) is 77.2 Å². The summed E-state index contributed by atoms with van der Waals surface area (Å²) in [4.78, 5) is 31.5. The van der Waals surface area contributed by atoms with Crippen LogP contribution in [0.2, 0.25) is 10.0 Å². The van der Waals surface area contributed by atoms with Gasteiger partial charge in [0, 0.05) is 29.3 Å². The van der Waals surface area contributed by atoms with E-state index >= 15 is 0 Å². The summed E-state index contributed by atoms with van der Waals surface area (Å²) in [6.07, 6.45) is 6.21. The van der Waals surface area contributed by atoms with E-state index < -0.39 is 11.8 Å².